The highest BCUT2D eigenvalue weighted by molar-refractivity contribution is 14.1. The van der Waals surface area contributed by atoms with Gasteiger partial charge in [0.1, 0.15) is 0 Å². The SMILES string of the molecule is COC(=O)CCC/C=C\CI. The van der Waals surface area contributed by atoms with Gasteiger partial charge in [0.05, 0.1) is 7.11 Å². The average molecular weight is 268 g/mol. The molecule has 0 amide bonds. The molecular formula is C8H13IO2. The normalized spacial score (nSPS) is 10.4. The molecule has 0 aliphatic rings. The zero-order chi connectivity index (χ0) is 8.53. The van der Waals surface area contributed by atoms with Crippen molar-refractivity contribution in [3.63, 3.8) is 0 Å². The van der Waals surface area contributed by atoms with Crippen LogP contribution in [-0.2, 0) is 9.53 Å². The van der Waals surface area contributed by atoms with Crippen LogP contribution in [0, 0.1) is 0 Å². The van der Waals surface area contributed by atoms with E-state index in [0.717, 1.165) is 17.3 Å². The summed E-state index contributed by atoms with van der Waals surface area (Å²) < 4.78 is 5.53. The predicted octanol–water partition coefficient (Wildman–Crippen LogP) is 2.32. The second-order valence-electron chi connectivity index (χ2n) is 2.09. The fourth-order valence-electron chi connectivity index (χ4n) is 0.647. The Morgan fingerprint density at radius 1 is 1.55 bits per heavy atom. The highest BCUT2D eigenvalue weighted by Crippen LogP contribution is 1.98. The van der Waals surface area contributed by atoms with Crippen LogP contribution in [0.3, 0.4) is 0 Å². The maximum absolute atomic E-state index is 10.6. The Hall–Kier alpha value is -0.0600. The van der Waals surface area contributed by atoms with Gasteiger partial charge in [-0.25, -0.2) is 0 Å². The highest BCUT2D eigenvalue weighted by atomic mass is 127. The maximum atomic E-state index is 10.6. The first-order valence-corrected chi connectivity index (χ1v) is 5.11. The van der Waals surface area contributed by atoms with Crippen LogP contribution in [0.4, 0.5) is 0 Å². The molecule has 0 spiro atoms. The van der Waals surface area contributed by atoms with Gasteiger partial charge >= 0.3 is 5.97 Å². The lowest BCUT2D eigenvalue weighted by Crippen LogP contribution is -1.98. The van der Waals surface area contributed by atoms with Gasteiger partial charge in [-0.15, -0.1) is 0 Å². The van der Waals surface area contributed by atoms with Crippen molar-refractivity contribution in [1.29, 1.82) is 0 Å². The van der Waals surface area contributed by atoms with E-state index in [2.05, 4.69) is 39.5 Å². The molecule has 0 aromatic rings. The molecule has 0 atom stereocenters. The summed E-state index contributed by atoms with van der Waals surface area (Å²) in [4.78, 5) is 10.6. The molecule has 0 rings (SSSR count). The molecule has 64 valence electrons. The molecule has 0 saturated heterocycles. The van der Waals surface area contributed by atoms with Crippen LogP contribution >= 0.6 is 22.6 Å². The van der Waals surface area contributed by atoms with Crippen LogP contribution in [0.5, 0.6) is 0 Å². The second kappa shape index (κ2) is 8.04. The average Bonchev–Trinajstić information content (AvgIpc) is 2.04. The van der Waals surface area contributed by atoms with Crippen LogP contribution in [0.2, 0.25) is 0 Å². The van der Waals surface area contributed by atoms with Gasteiger partial charge in [-0.1, -0.05) is 34.7 Å². The first-order valence-electron chi connectivity index (χ1n) is 3.59. The summed E-state index contributed by atoms with van der Waals surface area (Å²) in [7, 11) is 1.42. The fraction of sp³-hybridized carbons (Fsp3) is 0.625. The van der Waals surface area contributed by atoms with Gasteiger partial charge in [0.25, 0.3) is 0 Å². The zero-order valence-electron chi connectivity index (χ0n) is 6.68. The molecule has 0 aliphatic carbocycles. The topological polar surface area (TPSA) is 26.3 Å². The number of allylic oxidation sites excluding steroid dienone is 2. The van der Waals surface area contributed by atoms with Crippen molar-refractivity contribution in [2.45, 2.75) is 19.3 Å². The molecule has 0 aliphatic heterocycles. The lowest BCUT2D eigenvalue weighted by molar-refractivity contribution is -0.140. The number of methoxy groups -OCH3 is 1. The number of carbonyl (C=O) groups excluding carboxylic acids is 1. The van der Waals surface area contributed by atoms with E-state index in [4.69, 9.17) is 0 Å². The van der Waals surface area contributed by atoms with Gasteiger partial charge in [-0.3, -0.25) is 4.79 Å². The summed E-state index contributed by atoms with van der Waals surface area (Å²) in [5.41, 5.74) is 0. The minimum absolute atomic E-state index is 0.118. The van der Waals surface area contributed by atoms with E-state index < -0.39 is 0 Å². The molecule has 11 heavy (non-hydrogen) atoms. The third kappa shape index (κ3) is 7.84. The molecule has 0 N–H and O–H groups in total. The minimum Gasteiger partial charge on any atom is -0.469 e. The Kier molecular flexibility index (Phi) is 8.00. The van der Waals surface area contributed by atoms with Gasteiger partial charge < -0.3 is 4.74 Å². The van der Waals surface area contributed by atoms with E-state index in [-0.39, 0.29) is 5.97 Å². The number of alkyl halides is 1. The van der Waals surface area contributed by atoms with Gasteiger partial charge in [0.15, 0.2) is 0 Å². The summed E-state index contributed by atoms with van der Waals surface area (Å²) in [5, 5.41) is 0. The first kappa shape index (κ1) is 10.9. The number of rotatable bonds is 5. The van der Waals surface area contributed by atoms with Gasteiger partial charge in [0.2, 0.25) is 0 Å². The lowest BCUT2D eigenvalue weighted by atomic mass is 10.2. The van der Waals surface area contributed by atoms with Crippen molar-refractivity contribution < 1.29 is 9.53 Å². The Morgan fingerprint density at radius 3 is 2.82 bits per heavy atom. The standard InChI is InChI=1S/C8H13IO2/c1-11-8(10)6-4-2-3-5-7-9/h3,5H,2,4,6-7H2,1H3/b5-3-. The molecule has 0 heterocycles. The zero-order valence-corrected chi connectivity index (χ0v) is 8.84. The van der Waals surface area contributed by atoms with Crippen molar-refractivity contribution in [2.24, 2.45) is 0 Å². The number of hydrogen-bond acceptors (Lipinski definition) is 2. The number of esters is 1. The maximum Gasteiger partial charge on any atom is 0.305 e. The van der Waals surface area contributed by atoms with E-state index in [1.165, 1.54) is 7.11 Å². The van der Waals surface area contributed by atoms with Crippen LogP contribution in [0.25, 0.3) is 0 Å². The molecule has 0 saturated carbocycles. The van der Waals surface area contributed by atoms with E-state index in [9.17, 15) is 4.79 Å². The molecule has 0 unspecified atom stereocenters. The molecule has 0 fully saturated rings. The lowest BCUT2D eigenvalue weighted by Gasteiger charge is -1.94. The Balaban J connectivity index is 3.14. The van der Waals surface area contributed by atoms with Crippen LogP contribution in [-0.4, -0.2) is 17.5 Å². The summed E-state index contributed by atoms with van der Waals surface area (Å²) in [5.74, 6) is -0.118. The van der Waals surface area contributed by atoms with Crippen molar-refractivity contribution in [3.8, 4) is 0 Å². The molecular weight excluding hydrogens is 255 g/mol. The summed E-state index contributed by atoms with van der Waals surface area (Å²) in [6.07, 6.45) is 6.58. The number of ether oxygens (including phenoxy) is 1. The summed E-state index contributed by atoms with van der Waals surface area (Å²) in [6.45, 7) is 0. The predicted molar refractivity (Wildman–Crippen MR) is 53.9 cm³/mol. The van der Waals surface area contributed by atoms with Crippen LogP contribution in [0.15, 0.2) is 12.2 Å². The summed E-state index contributed by atoms with van der Waals surface area (Å²) in [6, 6.07) is 0. The monoisotopic (exact) mass is 268 g/mol. The van der Waals surface area contributed by atoms with E-state index >= 15 is 0 Å². The molecule has 0 aromatic heterocycles. The van der Waals surface area contributed by atoms with Crippen molar-refractivity contribution in [1.82, 2.24) is 0 Å². The number of carbonyl (C=O) groups is 1. The van der Waals surface area contributed by atoms with Crippen LogP contribution < -0.4 is 0 Å². The van der Waals surface area contributed by atoms with Gasteiger partial charge in [-0.2, -0.15) is 0 Å². The summed E-state index contributed by atoms with van der Waals surface area (Å²) >= 11 is 2.28. The Labute approximate surface area is 81.1 Å². The molecule has 0 bridgehead atoms. The van der Waals surface area contributed by atoms with Crippen molar-refractivity contribution in [3.05, 3.63) is 12.2 Å². The van der Waals surface area contributed by atoms with Crippen LogP contribution in [0.1, 0.15) is 19.3 Å². The van der Waals surface area contributed by atoms with Crippen molar-refractivity contribution in [2.75, 3.05) is 11.5 Å². The quantitative estimate of drug-likeness (QED) is 0.251. The minimum atomic E-state index is -0.118. The third-order valence-electron chi connectivity index (χ3n) is 1.24. The highest BCUT2D eigenvalue weighted by Gasteiger charge is 1.96. The Bertz CT molecular complexity index is 132. The Morgan fingerprint density at radius 2 is 2.27 bits per heavy atom. The first-order chi connectivity index (χ1) is 5.31. The number of unbranched alkanes of at least 4 members (excludes halogenated alkanes) is 1. The number of hydrogen-bond donors (Lipinski definition) is 0. The molecule has 3 heteroatoms. The smallest absolute Gasteiger partial charge is 0.305 e. The van der Waals surface area contributed by atoms with E-state index in [0.29, 0.717) is 6.42 Å². The van der Waals surface area contributed by atoms with Gasteiger partial charge in [0, 0.05) is 10.8 Å². The van der Waals surface area contributed by atoms with Gasteiger partial charge in [-0.05, 0) is 12.8 Å². The van der Waals surface area contributed by atoms with E-state index in [1.807, 2.05) is 0 Å². The largest absolute Gasteiger partial charge is 0.469 e. The second-order valence-corrected chi connectivity index (χ2v) is 2.97. The molecule has 0 aromatic carbocycles. The molecule has 0 radical (unpaired) electrons. The third-order valence-corrected chi connectivity index (χ3v) is 1.74. The fourth-order valence-corrected chi connectivity index (χ4v) is 1.01. The van der Waals surface area contributed by atoms with Crippen molar-refractivity contribution >= 4 is 28.6 Å². The van der Waals surface area contributed by atoms with E-state index in [1.54, 1.807) is 0 Å². The number of halogens is 1. The molecule has 2 nitrogen and oxygen atoms in total.